The Bertz CT molecular complexity index is 723. The molecule has 40 heavy (non-hydrogen) atoms. The minimum absolute atomic E-state index is 0.0316. The third-order valence-electron chi connectivity index (χ3n) is 6.30. The average Bonchev–Trinajstić information content (AvgIpc) is 2.87. The molecule has 0 aliphatic heterocycles. The summed E-state index contributed by atoms with van der Waals surface area (Å²) in [7, 11) is 1.47. The van der Waals surface area contributed by atoms with Gasteiger partial charge in [0.2, 0.25) is 0 Å². The van der Waals surface area contributed by atoms with Crippen LogP contribution >= 0.6 is 7.82 Å². The molecule has 0 aromatic carbocycles. The molecule has 0 saturated carbocycles. The van der Waals surface area contributed by atoms with Gasteiger partial charge < -0.3 is 18.9 Å². The lowest BCUT2D eigenvalue weighted by Gasteiger charge is -2.24. The van der Waals surface area contributed by atoms with Gasteiger partial charge in [-0.15, -0.1) is 0 Å². The molecule has 0 aliphatic rings. The second-order valence-electron chi connectivity index (χ2n) is 11.5. The van der Waals surface area contributed by atoms with E-state index in [9.17, 15) is 19.0 Å². The standard InChI is InChI=1S/C30H58NO8P/c1-6-8-10-12-13-14-15-16-17-19-21-23-30(33)39-28(26-36-29(32)22-20-18-11-9-7-2)27-38-40(34,35)37-25-24-31(3,4)5/h12-13,28H,6-11,14-27H2,1-5H3/p+1/b13-12-/t28-/m0/s1. The van der Waals surface area contributed by atoms with Crippen molar-refractivity contribution in [2.75, 3.05) is 47.5 Å². The minimum atomic E-state index is -4.35. The molecule has 236 valence electrons. The number of rotatable bonds is 27. The minimum Gasteiger partial charge on any atom is -0.462 e. The van der Waals surface area contributed by atoms with Crippen molar-refractivity contribution in [2.24, 2.45) is 0 Å². The number of likely N-dealkylation sites (N-methyl/N-ethyl adjacent to an activating group) is 1. The summed E-state index contributed by atoms with van der Waals surface area (Å²) in [5, 5.41) is 0. The van der Waals surface area contributed by atoms with Crippen molar-refractivity contribution >= 4 is 19.8 Å². The van der Waals surface area contributed by atoms with Crippen LogP contribution in [0.25, 0.3) is 0 Å². The number of phosphoric ester groups is 1. The molecule has 10 heteroatoms. The first-order chi connectivity index (χ1) is 19.0. The predicted molar refractivity (Wildman–Crippen MR) is 160 cm³/mol. The first-order valence-electron chi connectivity index (χ1n) is 15.4. The first-order valence-corrected chi connectivity index (χ1v) is 16.9. The molecule has 1 unspecified atom stereocenters. The molecule has 9 nitrogen and oxygen atoms in total. The molecule has 0 aliphatic carbocycles. The van der Waals surface area contributed by atoms with Crippen molar-refractivity contribution in [2.45, 2.75) is 123 Å². The van der Waals surface area contributed by atoms with Gasteiger partial charge in [0.15, 0.2) is 6.10 Å². The lowest BCUT2D eigenvalue weighted by atomic mass is 10.1. The lowest BCUT2D eigenvalue weighted by Crippen LogP contribution is -2.37. The van der Waals surface area contributed by atoms with E-state index in [2.05, 4.69) is 26.0 Å². The van der Waals surface area contributed by atoms with E-state index < -0.39 is 26.5 Å². The highest BCUT2D eigenvalue weighted by molar-refractivity contribution is 7.47. The number of hydrogen-bond donors (Lipinski definition) is 1. The van der Waals surface area contributed by atoms with E-state index in [0.29, 0.717) is 17.4 Å². The van der Waals surface area contributed by atoms with E-state index in [-0.39, 0.29) is 32.0 Å². The van der Waals surface area contributed by atoms with Crippen LogP contribution in [-0.2, 0) is 32.7 Å². The molecule has 0 amide bonds. The third kappa shape index (κ3) is 26.9. The Balaban J connectivity index is 4.52. The number of nitrogens with zero attached hydrogens (tertiary/aromatic N) is 1. The van der Waals surface area contributed by atoms with Crippen molar-refractivity contribution in [3.05, 3.63) is 12.2 Å². The maximum absolute atomic E-state index is 12.4. The fraction of sp³-hybridized carbons (Fsp3) is 0.867. The summed E-state index contributed by atoms with van der Waals surface area (Å²) in [5.74, 6) is -0.828. The predicted octanol–water partition coefficient (Wildman–Crippen LogP) is 7.12. The Labute approximate surface area is 244 Å². The van der Waals surface area contributed by atoms with Crippen LogP contribution in [0.3, 0.4) is 0 Å². The zero-order valence-corrected chi connectivity index (χ0v) is 27.0. The highest BCUT2D eigenvalue weighted by atomic mass is 31.2. The molecule has 2 atom stereocenters. The summed E-state index contributed by atoms with van der Waals surface area (Å²) in [6, 6.07) is 0. The monoisotopic (exact) mass is 592 g/mol. The van der Waals surface area contributed by atoms with Gasteiger partial charge >= 0.3 is 19.8 Å². The SMILES string of the molecule is CCCC/C=C\CCCCCCCC(=O)O[C@@H](COC(=O)CCCCCCC)COP(=O)(O)OCC[N+](C)(C)C. The number of carbonyl (C=O) groups is 2. The van der Waals surface area contributed by atoms with Crippen molar-refractivity contribution in [3.63, 3.8) is 0 Å². The normalized spacial score (nSPS) is 14.2. The van der Waals surface area contributed by atoms with Crippen LogP contribution in [-0.4, -0.2) is 74.9 Å². The van der Waals surface area contributed by atoms with Gasteiger partial charge in [0.25, 0.3) is 0 Å². The topological polar surface area (TPSA) is 108 Å². The number of unbranched alkanes of at least 4 members (excludes halogenated alkanes) is 11. The third-order valence-corrected chi connectivity index (χ3v) is 7.28. The summed E-state index contributed by atoms with van der Waals surface area (Å²) in [5.41, 5.74) is 0. The summed E-state index contributed by atoms with van der Waals surface area (Å²) >= 11 is 0. The van der Waals surface area contributed by atoms with E-state index in [0.717, 1.165) is 70.6 Å². The van der Waals surface area contributed by atoms with Gasteiger partial charge in [-0.1, -0.05) is 83.8 Å². The largest absolute Gasteiger partial charge is 0.472 e. The van der Waals surface area contributed by atoms with Crippen molar-refractivity contribution in [3.8, 4) is 0 Å². The summed E-state index contributed by atoms with van der Waals surface area (Å²) in [4.78, 5) is 34.6. The molecule has 0 aromatic heterocycles. The van der Waals surface area contributed by atoms with Gasteiger partial charge in [-0.3, -0.25) is 18.6 Å². The van der Waals surface area contributed by atoms with Gasteiger partial charge in [-0.25, -0.2) is 4.57 Å². The van der Waals surface area contributed by atoms with Crippen LogP contribution in [0.15, 0.2) is 12.2 Å². The number of carbonyl (C=O) groups excluding carboxylic acids is 2. The van der Waals surface area contributed by atoms with Gasteiger partial charge in [0, 0.05) is 12.8 Å². The molecule has 0 aromatic rings. The number of phosphoric acid groups is 1. The zero-order valence-electron chi connectivity index (χ0n) is 26.1. The van der Waals surface area contributed by atoms with Crippen LogP contribution in [0, 0.1) is 0 Å². The summed E-state index contributed by atoms with van der Waals surface area (Å²) in [6.07, 6.45) is 18.7. The number of hydrogen-bond acceptors (Lipinski definition) is 7. The van der Waals surface area contributed by atoms with Gasteiger partial charge in [-0.05, 0) is 32.1 Å². The average molecular weight is 593 g/mol. The van der Waals surface area contributed by atoms with Gasteiger partial charge in [-0.2, -0.15) is 0 Å². The van der Waals surface area contributed by atoms with Crippen LogP contribution in [0.1, 0.15) is 117 Å². The molecule has 0 radical (unpaired) electrons. The molecule has 1 N–H and O–H groups in total. The molecule has 0 heterocycles. The van der Waals surface area contributed by atoms with Crippen molar-refractivity contribution in [1.29, 1.82) is 0 Å². The van der Waals surface area contributed by atoms with E-state index in [1.807, 2.05) is 21.1 Å². The Kier molecular flexibility index (Phi) is 23.6. The second kappa shape index (κ2) is 24.4. The van der Waals surface area contributed by atoms with Crippen LogP contribution in [0.5, 0.6) is 0 Å². The zero-order chi connectivity index (χ0) is 30.1. The maximum atomic E-state index is 12.4. The van der Waals surface area contributed by atoms with E-state index in [1.165, 1.54) is 12.8 Å². The van der Waals surface area contributed by atoms with Crippen LogP contribution in [0.4, 0.5) is 0 Å². The van der Waals surface area contributed by atoms with Crippen LogP contribution in [0.2, 0.25) is 0 Å². The van der Waals surface area contributed by atoms with Gasteiger partial charge in [0.05, 0.1) is 27.7 Å². The fourth-order valence-corrected chi connectivity index (χ4v) is 4.50. The molecule has 0 rings (SSSR count). The Morgan fingerprint density at radius 3 is 1.93 bits per heavy atom. The van der Waals surface area contributed by atoms with E-state index in [1.54, 1.807) is 0 Å². The smallest absolute Gasteiger partial charge is 0.462 e. The maximum Gasteiger partial charge on any atom is 0.472 e. The van der Waals surface area contributed by atoms with E-state index >= 15 is 0 Å². The molecule has 0 saturated heterocycles. The molecular weight excluding hydrogens is 533 g/mol. The number of esters is 2. The lowest BCUT2D eigenvalue weighted by molar-refractivity contribution is -0.870. The Hall–Kier alpha value is -1.25. The van der Waals surface area contributed by atoms with Crippen molar-refractivity contribution < 1.29 is 42.1 Å². The highest BCUT2D eigenvalue weighted by Gasteiger charge is 2.27. The molecule has 0 spiro atoms. The summed E-state index contributed by atoms with van der Waals surface area (Å²) in [6.45, 7) is 4.24. The highest BCUT2D eigenvalue weighted by Crippen LogP contribution is 2.43. The number of allylic oxidation sites excluding steroid dienone is 2. The molecular formula is C30H59NO8P+. The van der Waals surface area contributed by atoms with Crippen molar-refractivity contribution in [1.82, 2.24) is 0 Å². The fourth-order valence-electron chi connectivity index (χ4n) is 3.76. The Morgan fingerprint density at radius 1 is 0.750 bits per heavy atom. The Morgan fingerprint density at radius 2 is 1.30 bits per heavy atom. The quantitative estimate of drug-likeness (QED) is 0.0353. The van der Waals surface area contributed by atoms with Crippen LogP contribution < -0.4 is 0 Å². The molecule has 0 bridgehead atoms. The number of ether oxygens (including phenoxy) is 2. The van der Waals surface area contributed by atoms with E-state index in [4.69, 9.17) is 18.5 Å². The second-order valence-corrected chi connectivity index (χ2v) is 12.9. The first kappa shape index (κ1) is 38.8. The summed E-state index contributed by atoms with van der Waals surface area (Å²) < 4.78 is 33.7. The van der Waals surface area contributed by atoms with Gasteiger partial charge in [0.1, 0.15) is 19.8 Å². The molecule has 0 fully saturated rings. The number of quaternary nitrogens is 1.